The van der Waals surface area contributed by atoms with Gasteiger partial charge in [0.25, 0.3) is 0 Å². The number of guanidine groups is 1. The summed E-state index contributed by atoms with van der Waals surface area (Å²) < 4.78 is 0. The molecular formula is C17H33IN4. The van der Waals surface area contributed by atoms with E-state index in [-0.39, 0.29) is 24.0 Å². The number of aliphatic imine (C=N–C) groups is 1. The van der Waals surface area contributed by atoms with Crippen LogP contribution in [0.5, 0.6) is 0 Å². The van der Waals surface area contributed by atoms with Crippen LogP contribution in [0, 0.1) is 11.8 Å². The quantitative estimate of drug-likeness (QED) is 0.407. The van der Waals surface area contributed by atoms with E-state index in [4.69, 9.17) is 4.99 Å². The van der Waals surface area contributed by atoms with Gasteiger partial charge in [-0.15, -0.1) is 24.0 Å². The van der Waals surface area contributed by atoms with E-state index >= 15 is 0 Å². The summed E-state index contributed by atoms with van der Waals surface area (Å²) in [6.07, 6.45) is 8.31. The topological polar surface area (TPSA) is 30.9 Å². The summed E-state index contributed by atoms with van der Waals surface area (Å²) >= 11 is 0. The van der Waals surface area contributed by atoms with E-state index in [2.05, 4.69) is 22.0 Å². The molecule has 1 atom stereocenters. The van der Waals surface area contributed by atoms with Crippen molar-refractivity contribution in [2.24, 2.45) is 16.8 Å². The van der Waals surface area contributed by atoms with Gasteiger partial charge in [-0.1, -0.05) is 12.8 Å². The van der Waals surface area contributed by atoms with Gasteiger partial charge in [0.2, 0.25) is 0 Å². The Labute approximate surface area is 153 Å². The van der Waals surface area contributed by atoms with Gasteiger partial charge in [-0.2, -0.15) is 0 Å². The van der Waals surface area contributed by atoms with Crippen LogP contribution in [0.3, 0.4) is 0 Å². The van der Waals surface area contributed by atoms with Crippen molar-refractivity contribution in [3.63, 3.8) is 0 Å². The van der Waals surface area contributed by atoms with Crippen molar-refractivity contribution in [3.8, 4) is 0 Å². The molecule has 2 heterocycles. The monoisotopic (exact) mass is 420 g/mol. The second-order valence-electron chi connectivity index (χ2n) is 7.08. The number of rotatable bonds is 6. The first-order chi connectivity index (χ1) is 10.3. The summed E-state index contributed by atoms with van der Waals surface area (Å²) in [6, 6.07) is 0. The molecule has 0 amide bonds. The highest BCUT2D eigenvalue weighted by Crippen LogP contribution is 2.32. The maximum Gasteiger partial charge on any atom is 0.193 e. The van der Waals surface area contributed by atoms with Crippen molar-refractivity contribution >= 4 is 29.9 Å². The normalized spacial score (nSPS) is 26.3. The Balaban J connectivity index is 0.00000176. The molecule has 0 bridgehead atoms. The molecule has 3 fully saturated rings. The Hall–Kier alpha value is -0.0400. The summed E-state index contributed by atoms with van der Waals surface area (Å²) in [7, 11) is 0. The molecule has 1 saturated carbocycles. The van der Waals surface area contributed by atoms with Crippen LogP contribution in [0.25, 0.3) is 0 Å². The lowest BCUT2D eigenvalue weighted by Crippen LogP contribution is -2.40. The number of nitrogens with one attached hydrogen (secondary N) is 1. The minimum atomic E-state index is 0. The summed E-state index contributed by atoms with van der Waals surface area (Å²) in [4.78, 5) is 10.0. The lowest BCUT2D eigenvalue weighted by molar-refractivity contribution is 0.281. The van der Waals surface area contributed by atoms with Crippen molar-refractivity contribution in [1.29, 1.82) is 0 Å². The zero-order valence-electron chi connectivity index (χ0n) is 14.1. The number of hydrogen-bond acceptors (Lipinski definition) is 2. The van der Waals surface area contributed by atoms with Gasteiger partial charge in [0.05, 0.1) is 0 Å². The predicted octanol–water partition coefficient (Wildman–Crippen LogP) is 2.79. The molecule has 0 spiro atoms. The van der Waals surface area contributed by atoms with Crippen LogP contribution >= 0.6 is 24.0 Å². The molecule has 1 N–H and O–H groups in total. The first kappa shape index (κ1) is 18.3. The minimum Gasteiger partial charge on any atom is -0.357 e. The van der Waals surface area contributed by atoms with Gasteiger partial charge >= 0.3 is 0 Å². The maximum absolute atomic E-state index is 4.86. The third-order valence-electron chi connectivity index (χ3n) is 5.13. The summed E-state index contributed by atoms with van der Waals surface area (Å²) in [5.74, 6) is 3.00. The van der Waals surface area contributed by atoms with E-state index in [1.165, 1.54) is 77.2 Å². The SMILES string of the molecule is CCNC(=NCCC1CC1)N1CCC(CN2CCCC2)C1.I. The highest BCUT2D eigenvalue weighted by atomic mass is 127. The minimum absolute atomic E-state index is 0. The van der Waals surface area contributed by atoms with Crippen molar-refractivity contribution in [2.45, 2.75) is 45.4 Å². The lowest BCUT2D eigenvalue weighted by Gasteiger charge is -2.23. The fourth-order valence-corrected chi connectivity index (χ4v) is 3.69. The van der Waals surface area contributed by atoms with Gasteiger partial charge in [-0.05, 0) is 57.5 Å². The average molecular weight is 420 g/mol. The van der Waals surface area contributed by atoms with Crippen LogP contribution in [0.1, 0.15) is 45.4 Å². The Morgan fingerprint density at radius 1 is 1.09 bits per heavy atom. The molecule has 0 aromatic rings. The molecule has 22 heavy (non-hydrogen) atoms. The van der Waals surface area contributed by atoms with Crippen LogP contribution < -0.4 is 5.32 Å². The number of halogens is 1. The fraction of sp³-hybridized carbons (Fsp3) is 0.941. The van der Waals surface area contributed by atoms with Gasteiger partial charge in [0.15, 0.2) is 5.96 Å². The third kappa shape index (κ3) is 5.55. The summed E-state index contributed by atoms with van der Waals surface area (Å²) in [5.41, 5.74) is 0. The van der Waals surface area contributed by atoms with Crippen LogP contribution in [0.2, 0.25) is 0 Å². The molecule has 128 valence electrons. The summed E-state index contributed by atoms with van der Waals surface area (Å²) in [6.45, 7) is 10.5. The van der Waals surface area contributed by atoms with E-state index < -0.39 is 0 Å². The first-order valence-corrected chi connectivity index (χ1v) is 9.10. The summed E-state index contributed by atoms with van der Waals surface area (Å²) in [5, 5.41) is 3.50. The standard InChI is InChI=1S/C17H32N4.HI/c1-2-18-17(19-9-7-15-5-6-15)21-12-8-16(14-21)13-20-10-3-4-11-20;/h15-16H,2-14H2,1H3,(H,18,19);1H. The van der Waals surface area contributed by atoms with E-state index in [0.717, 1.165) is 24.9 Å². The number of hydrogen-bond donors (Lipinski definition) is 1. The van der Waals surface area contributed by atoms with Gasteiger partial charge < -0.3 is 15.1 Å². The fourth-order valence-electron chi connectivity index (χ4n) is 3.69. The maximum atomic E-state index is 4.86. The van der Waals surface area contributed by atoms with Crippen molar-refractivity contribution in [2.75, 3.05) is 45.8 Å². The largest absolute Gasteiger partial charge is 0.357 e. The lowest BCUT2D eigenvalue weighted by atomic mass is 10.1. The zero-order valence-corrected chi connectivity index (χ0v) is 16.4. The smallest absolute Gasteiger partial charge is 0.193 e. The van der Waals surface area contributed by atoms with Gasteiger partial charge in [-0.25, -0.2) is 0 Å². The molecule has 3 rings (SSSR count). The number of nitrogens with zero attached hydrogens (tertiary/aromatic N) is 3. The third-order valence-corrected chi connectivity index (χ3v) is 5.13. The highest BCUT2D eigenvalue weighted by Gasteiger charge is 2.27. The first-order valence-electron chi connectivity index (χ1n) is 9.10. The molecule has 1 unspecified atom stereocenters. The molecule has 4 nitrogen and oxygen atoms in total. The van der Waals surface area contributed by atoms with E-state index in [1.54, 1.807) is 0 Å². The van der Waals surface area contributed by atoms with Crippen molar-refractivity contribution < 1.29 is 0 Å². The molecule has 0 radical (unpaired) electrons. The molecule has 2 saturated heterocycles. The van der Waals surface area contributed by atoms with Gasteiger partial charge in [0, 0.05) is 32.7 Å². The molecule has 1 aliphatic carbocycles. The second-order valence-corrected chi connectivity index (χ2v) is 7.08. The Morgan fingerprint density at radius 2 is 1.86 bits per heavy atom. The average Bonchev–Trinajstić information content (AvgIpc) is 2.98. The molecule has 0 aromatic carbocycles. The second kappa shape index (κ2) is 9.30. The van der Waals surface area contributed by atoms with Crippen LogP contribution in [-0.4, -0.2) is 61.6 Å². The van der Waals surface area contributed by atoms with Crippen LogP contribution in [0.15, 0.2) is 4.99 Å². The van der Waals surface area contributed by atoms with Crippen molar-refractivity contribution in [3.05, 3.63) is 0 Å². The zero-order chi connectivity index (χ0) is 14.5. The Bertz CT molecular complexity index is 351. The molecule has 5 heteroatoms. The van der Waals surface area contributed by atoms with Gasteiger partial charge in [-0.3, -0.25) is 4.99 Å². The predicted molar refractivity (Wildman–Crippen MR) is 104 cm³/mol. The molecule has 2 aliphatic heterocycles. The van der Waals surface area contributed by atoms with Gasteiger partial charge in [0.1, 0.15) is 0 Å². The molecule has 3 aliphatic rings. The molecular weight excluding hydrogens is 387 g/mol. The highest BCUT2D eigenvalue weighted by molar-refractivity contribution is 14.0. The van der Waals surface area contributed by atoms with Crippen molar-refractivity contribution in [1.82, 2.24) is 15.1 Å². The Kier molecular flexibility index (Phi) is 7.74. The van der Waals surface area contributed by atoms with Crippen LogP contribution in [-0.2, 0) is 0 Å². The number of likely N-dealkylation sites (tertiary alicyclic amines) is 2. The van der Waals surface area contributed by atoms with E-state index in [1.807, 2.05) is 0 Å². The van der Waals surface area contributed by atoms with E-state index in [9.17, 15) is 0 Å². The Morgan fingerprint density at radius 3 is 2.55 bits per heavy atom. The van der Waals surface area contributed by atoms with E-state index in [0.29, 0.717) is 0 Å². The van der Waals surface area contributed by atoms with Crippen LogP contribution in [0.4, 0.5) is 0 Å². The molecule has 0 aromatic heterocycles.